The second kappa shape index (κ2) is 25.2. The molecule has 2 saturated heterocycles. The van der Waals surface area contributed by atoms with Crippen LogP contribution in [0.2, 0.25) is 0 Å². The molecule has 14 heteroatoms. The third kappa shape index (κ3) is 15.7. The van der Waals surface area contributed by atoms with Gasteiger partial charge in [0, 0.05) is 63.5 Å². The fraction of sp³-hybridized carbons (Fsp3) is 0.755. The number of carbonyl (C=O) groups excluding carboxylic acids is 5. The van der Waals surface area contributed by atoms with E-state index >= 15 is 0 Å². The van der Waals surface area contributed by atoms with E-state index in [1.54, 1.807) is 54.2 Å². The topological polar surface area (TPSA) is 183 Å². The Morgan fingerprint density at radius 2 is 1.60 bits per heavy atom. The molecule has 0 aromatic carbocycles. The van der Waals surface area contributed by atoms with Crippen molar-refractivity contribution in [2.24, 2.45) is 47.3 Å². The average Bonchev–Trinajstić information content (AvgIpc) is 3.27. The number of ketones is 3. The van der Waals surface area contributed by atoms with Gasteiger partial charge < -0.3 is 33.8 Å². The first kappa shape index (κ1) is 56.5. The number of allylic oxidation sites excluding steroid dienone is 6. The molecule has 0 spiro atoms. The number of cyclic esters (lactones) is 1. The van der Waals surface area contributed by atoms with Crippen molar-refractivity contribution in [2.75, 3.05) is 27.0 Å². The Morgan fingerprint density at radius 1 is 0.896 bits per heavy atom. The number of esters is 1. The van der Waals surface area contributed by atoms with Gasteiger partial charge in [-0.05, 0) is 113 Å². The lowest BCUT2D eigenvalue weighted by Gasteiger charge is -2.42. The molecule has 1 aliphatic carbocycles. The second-order valence-electron chi connectivity index (χ2n) is 21.3. The van der Waals surface area contributed by atoms with E-state index in [4.69, 9.17) is 18.7 Å². The molecule has 4 aliphatic rings. The number of rotatable bonds is 6. The van der Waals surface area contributed by atoms with Crippen LogP contribution in [0.25, 0.3) is 0 Å². The first-order valence-corrected chi connectivity index (χ1v) is 27.5. The summed E-state index contributed by atoms with van der Waals surface area (Å²) in [6, 6.07) is -1.12. The zero-order chi connectivity index (χ0) is 50.0. The van der Waals surface area contributed by atoms with Crippen molar-refractivity contribution in [3.05, 3.63) is 47.6 Å². The minimum absolute atomic E-state index is 0.0657. The SMILES string of the molecule is CO[C@H]1C[C@@H]2CC[C@@H](C)[C@@](O)(O2)C(=O)C(=O)N2CCCCC2C(=O)OC([C@H](C)CC2CC[C@@H](OP(C)(C)=O)[C@H](C)C2)CC(=O)[C@H](C)/C=C(\C)[C@@H](O)[C@@H](C)C(=O)[C@H](C)C[C@H](C)/C=C/C=CC=C1C. The molecule has 3 fully saturated rings. The highest BCUT2D eigenvalue weighted by Gasteiger charge is 2.53. The number of nitrogens with zero attached hydrogens (tertiary/aromatic N) is 1. The Bertz CT molecular complexity index is 1900. The Morgan fingerprint density at radius 3 is 2.25 bits per heavy atom. The van der Waals surface area contributed by atoms with Gasteiger partial charge in [0.05, 0.1) is 24.4 Å². The molecule has 0 aromatic rings. The number of amides is 1. The number of hydrogen-bond acceptors (Lipinski definition) is 12. The van der Waals surface area contributed by atoms with Gasteiger partial charge in [0.2, 0.25) is 5.79 Å². The van der Waals surface area contributed by atoms with Crippen LogP contribution in [-0.2, 0) is 47.3 Å². The number of ether oxygens (including phenoxy) is 3. The van der Waals surface area contributed by atoms with Gasteiger partial charge >= 0.3 is 5.97 Å². The van der Waals surface area contributed by atoms with Crippen molar-refractivity contribution >= 4 is 36.6 Å². The van der Waals surface area contributed by atoms with Crippen LogP contribution in [0.1, 0.15) is 139 Å². The van der Waals surface area contributed by atoms with Crippen molar-refractivity contribution in [3.8, 4) is 0 Å². The highest BCUT2D eigenvalue weighted by Crippen LogP contribution is 2.46. The summed E-state index contributed by atoms with van der Waals surface area (Å²) < 4.78 is 36.8. The fourth-order valence-corrected chi connectivity index (χ4v) is 11.7. The smallest absolute Gasteiger partial charge is 0.329 e. The van der Waals surface area contributed by atoms with E-state index in [1.807, 2.05) is 58.1 Å². The number of fused-ring (bicyclic) bond motifs is 3. The van der Waals surface area contributed by atoms with E-state index in [0.717, 1.165) is 24.8 Å². The van der Waals surface area contributed by atoms with Gasteiger partial charge in [0.25, 0.3) is 11.7 Å². The first-order chi connectivity index (χ1) is 31.4. The van der Waals surface area contributed by atoms with Gasteiger partial charge in [-0.3, -0.25) is 23.7 Å². The van der Waals surface area contributed by atoms with Crippen molar-refractivity contribution in [2.45, 2.75) is 182 Å². The van der Waals surface area contributed by atoms with E-state index in [9.17, 15) is 38.8 Å². The van der Waals surface area contributed by atoms with Crippen LogP contribution in [0.5, 0.6) is 0 Å². The molecule has 2 N–H and O–H groups in total. The van der Waals surface area contributed by atoms with Crippen LogP contribution in [-0.4, -0.2) is 114 Å². The van der Waals surface area contributed by atoms with E-state index in [2.05, 4.69) is 6.92 Å². The fourth-order valence-electron chi connectivity index (χ4n) is 10.7. The summed E-state index contributed by atoms with van der Waals surface area (Å²) in [5.74, 6) is -7.83. The zero-order valence-electron chi connectivity index (χ0n) is 42.6. The van der Waals surface area contributed by atoms with Gasteiger partial charge in [-0.1, -0.05) is 84.9 Å². The van der Waals surface area contributed by atoms with Crippen LogP contribution in [0.4, 0.5) is 0 Å². The molecule has 1 saturated carbocycles. The van der Waals surface area contributed by atoms with E-state index in [0.29, 0.717) is 50.5 Å². The van der Waals surface area contributed by atoms with Gasteiger partial charge in [-0.2, -0.15) is 0 Å². The molecule has 378 valence electrons. The number of aliphatic hydroxyl groups is 2. The van der Waals surface area contributed by atoms with Gasteiger partial charge in [0.1, 0.15) is 23.7 Å². The van der Waals surface area contributed by atoms with Gasteiger partial charge in [-0.15, -0.1) is 0 Å². The lowest BCUT2D eigenvalue weighted by atomic mass is 9.75. The summed E-state index contributed by atoms with van der Waals surface area (Å²) in [6.07, 6.45) is 14.3. The zero-order valence-corrected chi connectivity index (χ0v) is 43.5. The van der Waals surface area contributed by atoms with Crippen molar-refractivity contribution in [1.29, 1.82) is 0 Å². The summed E-state index contributed by atoms with van der Waals surface area (Å²) in [5, 5.41) is 23.4. The van der Waals surface area contributed by atoms with Gasteiger partial charge in [-0.25, -0.2) is 4.79 Å². The Kier molecular flexibility index (Phi) is 21.2. The summed E-state index contributed by atoms with van der Waals surface area (Å²) in [5.41, 5.74) is 1.39. The molecule has 2 bridgehead atoms. The summed E-state index contributed by atoms with van der Waals surface area (Å²) in [7, 11) is -1.10. The quantitative estimate of drug-likeness (QED) is 0.112. The van der Waals surface area contributed by atoms with Gasteiger partial charge in [0.15, 0.2) is 7.37 Å². The van der Waals surface area contributed by atoms with E-state index in [-0.39, 0.29) is 66.6 Å². The molecule has 3 heterocycles. The molecule has 3 aliphatic heterocycles. The molecule has 4 rings (SSSR count). The molecule has 0 aromatic heterocycles. The van der Waals surface area contributed by atoms with Crippen LogP contribution >= 0.6 is 7.37 Å². The summed E-state index contributed by atoms with van der Waals surface area (Å²) in [4.78, 5) is 72.0. The maximum absolute atomic E-state index is 14.4. The maximum Gasteiger partial charge on any atom is 0.329 e. The molecular formula is C53H84NO12P. The van der Waals surface area contributed by atoms with Crippen molar-refractivity contribution < 1.29 is 57.5 Å². The minimum atomic E-state index is -2.69. The predicted octanol–water partition coefficient (Wildman–Crippen LogP) is 8.98. The molecule has 67 heavy (non-hydrogen) atoms. The van der Waals surface area contributed by atoms with Crippen molar-refractivity contribution in [1.82, 2.24) is 4.90 Å². The molecular weight excluding hydrogens is 874 g/mol. The maximum atomic E-state index is 14.4. The first-order valence-electron chi connectivity index (χ1n) is 25.0. The number of hydrogen-bond donors (Lipinski definition) is 2. The number of carbonyl (C=O) groups is 5. The monoisotopic (exact) mass is 958 g/mol. The predicted molar refractivity (Wildman–Crippen MR) is 260 cm³/mol. The summed E-state index contributed by atoms with van der Waals surface area (Å²) in [6.45, 7) is 20.1. The third-order valence-electron chi connectivity index (χ3n) is 15.0. The van der Waals surface area contributed by atoms with Crippen LogP contribution in [0, 0.1) is 47.3 Å². The molecule has 15 atom stereocenters. The number of piperidine rings is 1. The lowest BCUT2D eigenvalue weighted by molar-refractivity contribution is -0.265. The van der Waals surface area contributed by atoms with Crippen LogP contribution in [0.15, 0.2) is 47.6 Å². The minimum Gasteiger partial charge on any atom is -0.460 e. The second-order valence-corrected chi connectivity index (χ2v) is 24.0. The van der Waals surface area contributed by atoms with E-state index < -0.39 is 79.0 Å². The number of aliphatic hydroxyl groups excluding tert-OH is 1. The average molecular weight is 958 g/mol. The van der Waals surface area contributed by atoms with Crippen molar-refractivity contribution in [3.63, 3.8) is 0 Å². The lowest BCUT2D eigenvalue weighted by Crippen LogP contribution is -2.61. The highest BCUT2D eigenvalue weighted by molar-refractivity contribution is 7.57. The number of methoxy groups -OCH3 is 1. The third-order valence-corrected chi connectivity index (χ3v) is 15.8. The molecule has 3 unspecified atom stereocenters. The molecule has 0 radical (unpaired) electrons. The van der Waals surface area contributed by atoms with E-state index in [1.165, 1.54) is 4.90 Å². The Balaban J connectivity index is 1.68. The molecule has 13 nitrogen and oxygen atoms in total. The summed E-state index contributed by atoms with van der Waals surface area (Å²) >= 11 is 0. The number of Topliss-reactive ketones (excluding diaryl/α,β-unsaturated/α-hetero) is 3. The van der Waals surface area contributed by atoms with Crippen LogP contribution < -0.4 is 0 Å². The standard InChI is InChI=1S/C53H84NO12P/c1-32-18-14-13-15-19-33(2)46(63-10)30-42-23-21-39(8)53(61,65-42)50(58)51(59)54-25-17-16-20-43(54)52(60)64-47(36(5)29-41-22-24-45(35(4)28-41)66-67(11,12)62)31-44(55)34(3)27-38(7)49(57)40(9)48(56)37(6)26-32/h13-15,18-19,27,32,34-37,39-43,45-47,49,57,61H,16-17,20-26,28-31H2,1-12H3/b15-13?,18-14+,33-19?,38-27+/t32-,34-,35-,36-,37-,39-,40+,41?,42+,43?,45-,46+,47?,49-,53-/m1/s1. The normalized spacial score (nSPS) is 38.6. The Labute approximate surface area is 401 Å². The largest absolute Gasteiger partial charge is 0.460 e. The highest BCUT2D eigenvalue weighted by atomic mass is 31.2. The van der Waals surface area contributed by atoms with Crippen LogP contribution in [0.3, 0.4) is 0 Å². The Hall–Kier alpha value is -3.06. The molecule has 1 amide bonds.